The van der Waals surface area contributed by atoms with Gasteiger partial charge < -0.3 is 4.43 Å². The number of hydrogen-bond donors (Lipinski definition) is 0. The Balaban J connectivity index is 5.06. The number of halogens is 1. The second kappa shape index (κ2) is 6.09. The molecule has 3 heteroatoms. The molecular weight excluding hydrogens is 268 g/mol. The summed E-state index contributed by atoms with van der Waals surface area (Å²) >= 11 is 3.43. The molecule has 0 spiro atoms. The molecular formula is C12H25BrOSi. The third-order valence-corrected chi connectivity index (χ3v) is 9.26. The molecule has 0 bridgehead atoms. The number of rotatable bonds is 5. The van der Waals surface area contributed by atoms with Gasteiger partial charge in [0.05, 0.1) is 6.26 Å². The molecule has 0 amide bonds. The maximum atomic E-state index is 6.21. The lowest BCUT2D eigenvalue weighted by Gasteiger charge is -2.41. The summed E-state index contributed by atoms with van der Waals surface area (Å²) in [6.45, 7) is 15.8. The second-order valence-electron chi connectivity index (χ2n) is 5.14. The van der Waals surface area contributed by atoms with Crippen LogP contribution in [0.15, 0.2) is 10.7 Å². The average Bonchev–Trinajstić information content (AvgIpc) is 2.02. The van der Waals surface area contributed by atoms with Crippen molar-refractivity contribution in [2.24, 2.45) is 0 Å². The highest BCUT2D eigenvalue weighted by Crippen LogP contribution is 2.42. The van der Waals surface area contributed by atoms with Crippen molar-refractivity contribution in [3.05, 3.63) is 10.7 Å². The third-order valence-electron chi connectivity index (χ3n) is 3.13. The van der Waals surface area contributed by atoms with E-state index in [9.17, 15) is 0 Å². The van der Waals surface area contributed by atoms with E-state index in [4.69, 9.17) is 4.43 Å². The first-order chi connectivity index (χ1) is 6.75. The molecule has 0 radical (unpaired) electrons. The molecule has 0 fully saturated rings. The maximum absolute atomic E-state index is 6.21. The van der Waals surface area contributed by atoms with E-state index in [0.29, 0.717) is 16.6 Å². The zero-order valence-electron chi connectivity index (χ0n) is 11.1. The molecule has 15 heavy (non-hydrogen) atoms. The Kier molecular flexibility index (Phi) is 6.19. The SMILES string of the molecule is C/C(Br)=C/O[Si](C(C)C)(C(C)C)C(C)C. The summed E-state index contributed by atoms with van der Waals surface area (Å²) in [6.07, 6.45) is 1.90. The molecule has 0 aromatic carbocycles. The van der Waals surface area contributed by atoms with E-state index in [1.54, 1.807) is 0 Å². The monoisotopic (exact) mass is 292 g/mol. The van der Waals surface area contributed by atoms with Gasteiger partial charge in [-0.2, -0.15) is 0 Å². The van der Waals surface area contributed by atoms with Gasteiger partial charge in [0.25, 0.3) is 8.32 Å². The van der Waals surface area contributed by atoms with Crippen molar-refractivity contribution in [2.75, 3.05) is 0 Å². The Morgan fingerprint density at radius 2 is 1.33 bits per heavy atom. The highest BCUT2D eigenvalue weighted by atomic mass is 79.9. The third kappa shape index (κ3) is 3.63. The van der Waals surface area contributed by atoms with Crippen LogP contribution in [0.4, 0.5) is 0 Å². The summed E-state index contributed by atoms with van der Waals surface area (Å²) in [4.78, 5) is 0. The molecule has 0 unspecified atom stereocenters. The molecule has 0 atom stereocenters. The first kappa shape index (κ1) is 15.2. The van der Waals surface area contributed by atoms with Gasteiger partial charge in [0, 0.05) is 4.48 Å². The van der Waals surface area contributed by atoms with E-state index in [1.165, 1.54) is 0 Å². The van der Waals surface area contributed by atoms with Gasteiger partial charge in [-0.3, -0.25) is 0 Å². The molecule has 90 valence electrons. The minimum Gasteiger partial charge on any atom is -0.547 e. The van der Waals surface area contributed by atoms with Crippen LogP contribution < -0.4 is 0 Å². The van der Waals surface area contributed by atoms with Crippen molar-refractivity contribution in [3.8, 4) is 0 Å². The minimum absolute atomic E-state index is 0.639. The fourth-order valence-electron chi connectivity index (χ4n) is 2.59. The summed E-state index contributed by atoms with van der Waals surface area (Å²) in [5.74, 6) is 0. The number of hydrogen-bond acceptors (Lipinski definition) is 1. The van der Waals surface area contributed by atoms with Crippen LogP contribution in [0.5, 0.6) is 0 Å². The summed E-state index contributed by atoms with van der Waals surface area (Å²) in [5, 5.41) is 0. The van der Waals surface area contributed by atoms with Gasteiger partial charge in [-0.15, -0.1) is 0 Å². The summed E-state index contributed by atoms with van der Waals surface area (Å²) in [6, 6.07) is 0. The first-order valence-electron chi connectivity index (χ1n) is 5.75. The number of allylic oxidation sites excluding steroid dienone is 1. The molecule has 1 nitrogen and oxygen atoms in total. The van der Waals surface area contributed by atoms with E-state index >= 15 is 0 Å². The lowest BCUT2D eigenvalue weighted by molar-refractivity contribution is 0.415. The smallest absolute Gasteiger partial charge is 0.258 e. The van der Waals surface area contributed by atoms with Gasteiger partial charge in [0.2, 0.25) is 0 Å². The zero-order valence-corrected chi connectivity index (χ0v) is 13.7. The van der Waals surface area contributed by atoms with Gasteiger partial charge in [0.15, 0.2) is 0 Å². The topological polar surface area (TPSA) is 9.23 Å². The zero-order chi connectivity index (χ0) is 12.2. The van der Waals surface area contributed by atoms with Gasteiger partial charge in [-0.05, 0) is 23.5 Å². The maximum Gasteiger partial charge on any atom is 0.258 e. The van der Waals surface area contributed by atoms with Gasteiger partial charge >= 0.3 is 0 Å². The molecule has 0 heterocycles. The van der Waals surface area contributed by atoms with Crippen molar-refractivity contribution < 1.29 is 4.43 Å². The lowest BCUT2D eigenvalue weighted by atomic mass is 10.5. The molecule has 0 aliphatic rings. The van der Waals surface area contributed by atoms with Gasteiger partial charge in [-0.25, -0.2) is 0 Å². The van der Waals surface area contributed by atoms with Crippen molar-refractivity contribution in [3.63, 3.8) is 0 Å². The lowest BCUT2D eigenvalue weighted by Crippen LogP contribution is -2.46. The summed E-state index contributed by atoms with van der Waals surface area (Å²) < 4.78 is 7.28. The Bertz CT molecular complexity index is 196. The van der Waals surface area contributed by atoms with E-state index in [-0.39, 0.29) is 0 Å². The van der Waals surface area contributed by atoms with E-state index < -0.39 is 8.32 Å². The fraction of sp³-hybridized carbons (Fsp3) is 0.833. The van der Waals surface area contributed by atoms with Crippen molar-refractivity contribution in [2.45, 2.75) is 65.1 Å². The Labute approximate surface area is 105 Å². The molecule has 0 saturated heterocycles. The predicted molar refractivity (Wildman–Crippen MR) is 74.8 cm³/mol. The van der Waals surface area contributed by atoms with Crippen LogP contribution in [0.25, 0.3) is 0 Å². The van der Waals surface area contributed by atoms with Crippen LogP contribution in [0.3, 0.4) is 0 Å². The highest BCUT2D eigenvalue weighted by molar-refractivity contribution is 9.11. The molecule has 0 N–H and O–H groups in total. The van der Waals surface area contributed by atoms with Crippen LogP contribution in [-0.4, -0.2) is 8.32 Å². The highest BCUT2D eigenvalue weighted by Gasteiger charge is 2.46. The summed E-state index contributed by atoms with van der Waals surface area (Å²) in [7, 11) is -1.70. The second-order valence-corrected chi connectivity index (χ2v) is 11.8. The van der Waals surface area contributed by atoms with Gasteiger partial charge in [-0.1, -0.05) is 57.5 Å². The van der Waals surface area contributed by atoms with Crippen LogP contribution >= 0.6 is 15.9 Å². The standard InChI is InChI=1S/C12H25BrOSi/c1-9(2)15(10(3)4,11(5)6)14-8-12(7)13/h8-11H,1-7H3/b12-8-. The summed E-state index contributed by atoms with van der Waals surface area (Å²) in [5.41, 5.74) is 1.92. The molecule has 0 saturated carbocycles. The van der Waals surface area contributed by atoms with Crippen molar-refractivity contribution in [1.82, 2.24) is 0 Å². The molecule has 0 aliphatic heterocycles. The van der Waals surface area contributed by atoms with E-state index in [0.717, 1.165) is 4.48 Å². The Morgan fingerprint density at radius 3 is 1.53 bits per heavy atom. The minimum atomic E-state index is -1.70. The molecule has 0 aromatic rings. The van der Waals surface area contributed by atoms with E-state index in [2.05, 4.69) is 57.5 Å². The fourth-order valence-corrected chi connectivity index (χ4v) is 8.05. The first-order valence-corrected chi connectivity index (χ1v) is 8.68. The van der Waals surface area contributed by atoms with Crippen molar-refractivity contribution in [1.29, 1.82) is 0 Å². The van der Waals surface area contributed by atoms with Crippen LogP contribution in [0.2, 0.25) is 16.6 Å². The van der Waals surface area contributed by atoms with Gasteiger partial charge in [0.1, 0.15) is 0 Å². The normalized spacial score (nSPS) is 14.2. The predicted octanol–water partition coefficient (Wildman–Crippen LogP) is 5.43. The molecule has 0 aliphatic carbocycles. The largest absolute Gasteiger partial charge is 0.547 e. The average molecular weight is 293 g/mol. The van der Waals surface area contributed by atoms with Crippen LogP contribution in [0.1, 0.15) is 48.5 Å². The van der Waals surface area contributed by atoms with Crippen molar-refractivity contribution >= 4 is 24.2 Å². The molecule has 0 rings (SSSR count). The Morgan fingerprint density at radius 1 is 1.00 bits per heavy atom. The van der Waals surface area contributed by atoms with Crippen LogP contribution in [0, 0.1) is 0 Å². The van der Waals surface area contributed by atoms with E-state index in [1.807, 2.05) is 13.2 Å². The quantitative estimate of drug-likeness (QED) is 0.485. The molecule has 0 aromatic heterocycles. The van der Waals surface area contributed by atoms with Crippen LogP contribution in [-0.2, 0) is 4.43 Å². The Hall–Kier alpha value is 0.237.